The van der Waals surface area contributed by atoms with E-state index in [-0.39, 0.29) is 34.3 Å². The maximum absolute atomic E-state index is 13.2. The molecule has 3 heterocycles. The molecule has 2 aliphatic rings. The van der Waals surface area contributed by atoms with E-state index in [0.29, 0.717) is 11.3 Å². The molecule has 0 radical (unpaired) electrons. The zero-order valence-electron chi connectivity index (χ0n) is 14.0. The number of carbonyl (C=O) groups excluding carboxylic acids is 2. The highest BCUT2D eigenvalue weighted by Crippen LogP contribution is 2.51. The third-order valence-corrected chi connectivity index (χ3v) is 4.72. The zero-order chi connectivity index (χ0) is 19.3. The van der Waals surface area contributed by atoms with Crippen LogP contribution in [0.5, 0.6) is 5.88 Å². The molecule has 138 valence electrons. The van der Waals surface area contributed by atoms with Crippen molar-refractivity contribution in [3.05, 3.63) is 62.0 Å². The van der Waals surface area contributed by atoms with E-state index in [1.54, 1.807) is 31.2 Å². The van der Waals surface area contributed by atoms with Crippen LogP contribution in [0, 0.1) is 4.77 Å². The number of aromatic amines is 2. The summed E-state index contributed by atoms with van der Waals surface area (Å²) in [6, 6.07) is 6.71. The Balaban J connectivity index is 2.17. The number of aromatic nitrogens is 2. The molecule has 1 spiro atoms. The molecule has 0 bridgehead atoms. The Labute approximate surface area is 157 Å². The van der Waals surface area contributed by atoms with Crippen LogP contribution in [0.4, 0.5) is 5.69 Å². The monoisotopic (exact) mass is 386 g/mol. The first-order chi connectivity index (χ1) is 12.9. The summed E-state index contributed by atoms with van der Waals surface area (Å²) in [5.74, 6) is -1.91. The molecule has 1 amide bonds. The highest BCUT2D eigenvalue weighted by atomic mass is 32.1. The Bertz CT molecular complexity index is 1150. The summed E-state index contributed by atoms with van der Waals surface area (Å²) in [7, 11) is 0. The summed E-state index contributed by atoms with van der Waals surface area (Å²) in [6.45, 7) is 1.67. The van der Waals surface area contributed by atoms with Gasteiger partial charge in [0.1, 0.15) is 16.6 Å². The number of amides is 1. The number of nitrogens with one attached hydrogen (secondary N) is 3. The zero-order valence-corrected chi connectivity index (χ0v) is 14.9. The Morgan fingerprint density at radius 2 is 2.04 bits per heavy atom. The Morgan fingerprint density at radius 3 is 2.78 bits per heavy atom. The number of esters is 1. The largest absolute Gasteiger partial charge is 0.462 e. The van der Waals surface area contributed by atoms with Gasteiger partial charge in [-0.3, -0.25) is 14.6 Å². The molecule has 5 N–H and O–H groups in total. The highest BCUT2D eigenvalue weighted by molar-refractivity contribution is 7.71. The Kier molecular flexibility index (Phi) is 3.67. The lowest BCUT2D eigenvalue weighted by Crippen LogP contribution is -2.49. The average molecular weight is 386 g/mol. The number of nitrogens with two attached hydrogens (primary N) is 1. The summed E-state index contributed by atoms with van der Waals surface area (Å²) in [5.41, 5.74) is 3.98. The number of anilines is 1. The first-order valence-corrected chi connectivity index (χ1v) is 8.45. The van der Waals surface area contributed by atoms with Gasteiger partial charge in [-0.15, -0.1) is 0 Å². The van der Waals surface area contributed by atoms with Gasteiger partial charge in [-0.25, -0.2) is 4.79 Å². The van der Waals surface area contributed by atoms with Crippen molar-refractivity contribution in [1.29, 1.82) is 0 Å². The maximum atomic E-state index is 13.2. The second kappa shape index (κ2) is 5.81. The molecular weight excluding hydrogens is 372 g/mol. The van der Waals surface area contributed by atoms with Gasteiger partial charge in [0, 0.05) is 11.3 Å². The topological polar surface area (TPSA) is 139 Å². The third kappa shape index (κ3) is 2.16. The highest BCUT2D eigenvalue weighted by Gasteiger charge is 2.60. The van der Waals surface area contributed by atoms with Crippen LogP contribution in [0.3, 0.4) is 0 Å². The van der Waals surface area contributed by atoms with Crippen molar-refractivity contribution >= 4 is 29.8 Å². The number of rotatable bonds is 2. The fourth-order valence-electron chi connectivity index (χ4n) is 3.56. The second-order valence-electron chi connectivity index (χ2n) is 5.92. The SMILES string of the molecule is CCOC(=O)C1=C(N)Oc2[nH]c(=S)[nH]c(=O)c2C12C(=O)Nc1ccccc12. The third-order valence-electron chi connectivity index (χ3n) is 4.52. The van der Waals surface area contributed by atoms with Gasteiger partial charge in [0.25, 0.3) is 5.56 Å². The number of hydrogen-bond acceptors (Lipinski definition) is 7. The van der Waals surface area contributed by atoms with E-state index < -0.39 is 22.9 Å². The predicted octanol–water partition coefficient (Wildman–Crippen LogP) is 0.796. The fourth-order valence-corrected chi connectivity index (χ4v) is 3.75. The molecule has 2 aliphatic heterocycles. The molecule has 0 fully saturated rings. The van der Waals surface area contributed by atoms with Crippen LogP contribution in [0.2, 0.25) is 0 Å². The lowest BCUT2D eigenvalue weighted by molar-refractivity contribution is -0.140. The first kappa shape index (κ1) is 17.0. The van der Waals surface area contributed by atoms with Crippen LogP contribution in [-0.2, 0) is 19.7 Å². The van der Waals surface area contributed by atoms with Gasteiger partial charge >= 0.3 is 5.97 Å². The number of benzene rings is 1. The minimum absolute atomic E-state index is 0.00650. The van der Waals surface area contributed by atoms with E-state index >= 15 is 0 Å². The number of H-pyrrole nitrogens is 2. The number of para-hydroxylation sites is 1. The standard InChI is InChI=1S/C17H14N4O5S/c1-2-25-14(23)9-11(18)26-13-10(12(22)20-16(27)21-13)17(9)7-5-3-4-6-8(7)19-15(17)24/h3-6H,2,18H2,1H3,(H,19,24)(H2,20,21,22,27). The molecule has 0 saturated carbocycles. The summed E-state index contributed by atoms with van der Waals surface area (Å²) in [4.78, 5) is 43.9. The number of fused-ring (bicyclic) bond motifs is 4. The first-order valence-electron chi connectivity index (χ1n) is 8.04. The van der Waals surface area contributed by atoms with Crippen molar-refractivity contribution in [3.63, 3.8) is 0 Å². The van der Waals surface area contributed by atoms with Crippen molar-refractivity contribution in [2.24, 2.45) is 5.73 Å². The molecule has 1 aromatic heterocycles. The van der Waals surface area contributed by atoms with Gasteiger partial charge < -0.3 is 25.5 Å². The summed E-state index contributed by atoms with van der Waals surface area (Å²) >= 11 is 4.98. The summed E-state index contributed by atoms with van der Waals surface area (Å²) in [6.07, 6.45) is 0. The molecule has 10 heteroatoms. The van der Waals surface area contributed by atoms with Crippen LogP contribution < -0.4 is 21.3 Å². The maximum Gasteiger partial charge on any atom is 0.341 e. The number of hydrogen-bond donors (Lipinski definition) is 4. The van der Waals surface area contributed by atoms with Crippen LogP contribution in [0.1, 0.15) is 18.1 Å². The molecule has 9 nitrogen and oxygen atoms in total. The van der Waals surface area contributed by atoms with E-state index in [1.807, 2.05) is 0 Å². The van der Waals surface area contributed by atoms with Crippen molar-refractivity contribution in [2.45, 2.75) is 12.3 Å². The minimum Gasteiger partial charge on any atom is -0.462 e. The van der Waals surface area contributed by atoms with Crippen LogP contribution in [0.25, 0.3) is 0 Å². The van der Waals surface area contributed by atoms with Crippen molar-refractivity contribution in [3.8, 4) is 5.88 Å². The van der Waals surface area contributed by atoms with E-state index in [0.717, 1.165) is 0 Å². The Morgan fingerprint density at radius 1 is 1.30 bits per heavy atom. The summed E-state index contributed by atoms with van der Waals surface area (Å²) < 4.78 is 10.6. The van der Waals surface area contributed by atoms with Gasteiger partial charge in [-0.2, -0.15) is 0 Å². The Hall–Kier alpha value is -3.40. The van der Waals surface area contributed by atoms with Crippen LogP contribution in [-0.4, -0.2) is 28.5 Å². The lowest BCUT2D eigenvalue weighted by Gasteiger charge is -2.33. The fraction of sp³-hybridized carbons (Fsp3) is 0.176. The van der Waals surface area contributed by atoms with Crippen LogP contribution >= 0.6 is 12.2 Å². The molecule has 1 atom stereocenters. The van der Waals surface area contributed by atoms with Crippen molar-refractivity contribution < 1.29 is 19.1 Å². The van der Waals surface area contributed by atoms with Gasteiger partial charge in [0.15, 0.2) is 4.77 Å². The van der Waals surface area contributed by atoms with Gasteiger partial charge in [-0.1, -0.05) is 18.2 Å². The van der Waals surface area contributed by atoms with Gasteiger partial charge in [0.05, 0.1) is 6.61 Å². The van der Waals surface area contributed by atoms with Gasteiger partial charge in [0.2, 0.25) is 17.7 Å². The molecule has 4 rings (SSSR count). The molecule has 1 aromatic carbocycles. The van der Waals surface area contributed by atoms with E-state index in [2.05, 4.69) is 15.3 Å². The van der Waals surface area contributed by atoms with E-state index in [1.165, 1.54) is 0 Å². The second-order valence-corrected chi connectivity index (χ2v) is 6.33. The molecule has 27 heavy (non-hydrogen) atoms. The van der Waals surface area contributed by atoms with Crippen molar-refractivity contribution in [1.82, 2.24) is 9.97 Å². The lowest BCUT2D eigenvalue weighted by atomic mass is 9.69. The molecular formula is C17H14N4O5S. The quantitative estimate of drug-likeness (QED) is 0.442. The number of ether oxygens (including phenoxy) is 2. The normalized spacial score (nSPS) is 20.0. The minimum atomic E-state index is -1.83. The predicted molar refractivity (Wildman–Crippen MR) is 96.6 cm³/mol. The molecule has 0 aliphatic carbocycles. The average Bonchev–Trinajstić information content (AvgIpc) is 2.87. The van der Waals surface area contributed by atoms with E-state index in [4.69, 9.17) is 27.4 Å². The van der Waals surface area contributed by atoms with Crippen molar-refractivity contribution in [2.75, 3.05) is 11.9 Å². The van der Waals surface area contributed by atoms with Crippen LogP contribution in [0.15, 0.2) is 40.5 Å². The number of carbonyl (C=O) groups is 2. The van der Waals surface area contributed by atoms with Gasteiger partial charge in [-0.05, 0) is 25.2 Å². The van der Waals surface area contributed by atoms with E-state index in [9.17, 15) is 14.4 Å². The molecule has 2 aromatic rings. The summed E-state index contributed by atoms with van der Waals surface area (Å²) in [5, 5.41) is 2.70. The smallest absolute Gasteiger partial charge is 0.341 e. The molecule has 0 saturated heterocycles. The molecule has 1 unspecified atom stereocenters.